The molecule has 2 N–H and O–H groups in total. The molecule has 0 spiro atoms. The topological polar surface area (TPSA) is 68.2 Å². The highest BCUT2D eigenvalue weighted by atomic mass is 32.1. The lowest BCUT2D eigenvalue weighted by Crippen LogP contribution is -2.20. The van der Waals surface area contributed by atoms with Crippen molar-refractivity contribution in [2.24, 2.45) is 7.05 Å². The van der Waals surface area contributed by atoms with Gasteiger partial charge in [0.05, 0.1) is 23.6 Å². The maximum Gasteiger partial charge on any atom is 0.341 e. The molecular weight excluding hydrogens is 392 g/mol. The highest BCUT2D eigenvalue weighted by Crippen LogP contribution is 2.31. The minimum atomic E-state index is -0.360. The van der Waals surface area contributed by atoms with E-state index >= 15 is 0 Å². The summed E-state index contributed by atoms with van der Waals surface area (Å²) in [5.74, 6) is -0.360. The van der Waals surface area contributed by atoms with Gasteiger partial charge in [-0.1, -0.05) is 30.3 Å². The molecule has 0 saturated heterocycles. The Hall–Kier alpha value is -2.71. The van der Waals surface area contributed by atoms with Crippen LogP contribution in [0.3, 0.4) is 0 Å². The number of aryl methyl sites for hydroxylation is 2. The molecule has 0 saturated carbocycles. The summed E-state index contributed by atoms with van der Waals surface area (Å²) >= 11 is 6.93. The smallest absolute Gasteiger partial charge is 0.341 e. The minimum Gasteiger partial charge on any atom is -0.462 e. The predicted molar refractivity (Wildman–Crippen MR) is 117 cm³/mol. The first-order chi connectivity index (χ1) is 13.5. The molecule has 2 aromatic heterocycles. The lowest BCUT2D eigenvalue weighted by molar-refractivity contribution is 0.0528. The van der Waals surface area contributed by atoms with Gasteiger partial charge in [0.2, 0.25) is 0 Å². The summed E-state index contributed by atoms with van der Waals surface area (Å²) < 4.78 is 6.92. The fourth-order valence-electron chi connectivity index (χ4n) is 2.76. The lowest BCUT2D eigenvalue weighted by Gasteiger charge is -2.09. The average Bonchev–Trinajstić information content (AvgIpc) is 3.18. The standard InChI is InChI=1S/C20H22N4O2S2/c1-4-26-19(25)16-11-15(10-14-8-6-5-7-9-14)28-18(16)22-20(27)21-17-12-24(3)23-13(17)2/h5-9,11-12H,4,10H2,1-3H3,(H2,21,22,27). The fourth-order valence-corrected chi connectivity index (χ4v) is 4.12. The van der Waals surface area contributed by atoms with Crippen LogP contribution in [0.4, 0.5) is 10.7 Å². The zero-order valence-electron chi connectivity index (χ0n) is 16.0. The van der Waals surface area contributed by atoms with Crippen LogP contribution in [0.2, 0.25) is 0 Å². The number of carbonyl (C=O) groups excluding carboxylic acids is 1. The lowest BCUT2D eigenvalue weighted by atomic mass is 10.1. The van der Waals surface area contributed by atoms with E-state index in [0.717, 1.165) is 22.7 Å². The first-order valence-electron chi connectivity index (χ1n) is 8.88. The van der Waals surface area contributed by atoms with Gasteiger partial charge in [-0.3, -0.25) is 4.68 Å². The molecule has 146 valence electrons. The quantitative estimate of drug-likeness (QED) is 0.461. The molecule has 0 aliphatic heterocycles. The van der Waals surface area contributed by atoms with Crippen molar-refractivity contribution < 1.29 is 9.53 Å². The molecular formula is C20H22N4O2S2. The van der Waals surface area contributed by atoms with Crippen molar-refractivity contribution in [3.8, 4) is 0 Å². The second-order valence-corrected chi connectivity index (χ2v) is 7.76. The number of aromatic nitrogens is 2. The first kappa shape index (κ1) is 20.0. The van der Waals surface area contributed by atoms with Crippen LogP contribution in [0, 0.1) is 6.92 Å². The van der Waals surface area contributed by atoms with Crippen molar-refractivity contribution in [1.29, 1.82) is 0 Å². The second kappa shape index (κ2) is 8.99. The Labute approximate surface area is 173 Å². The Morgan fingerprint density at radius 3 is 2.68 bits per heavy atom. The van der Waals surface area contributed by atoms with Gasteiger partial charge < -0.3 is 15.4 Å². The molecule has 28 heavy (non-hydrogen) atoms. The average molecular weight is 415 g/mol. The van der Waals surface area contributed by atoms with Crippen molar-refractivity contribution >= 4 is 45.3 Å². The van der Waals surface area contributed by atoms with Crippen LogP contribution in [0.15, 0.2) is 42.6 Å². The van der Waals surface area contributed by atoms with Crippen LogP contribution in [-0.4, -0.2) is 27.5 Å². The Kier molecular flexibility index (Phi) is 6.43. The van der Waals surface area contributed by atoms with Crippen molar-refractivity contribution in [2.45, 2.75) is 20.3 Å². The monoisotopic (exact) mass is 414 g/mol. The number of anilines is 2. The van der Waals surface area contributed by atoms with E-state index in [2.05, 4.69) is 27.9 Å². The number of rotatable bonds is 6. The molecule has 0 unspecified atom stereocenters. The van der Waals surface area contributed by atoms with Gasteiger partial charge in [0.15, 0.2) is 5.11 Å². The molecule has 0 fully saturated rings. The van der Waals surface area contributed by atoms with Crippen LogP contribution in [0.1, 0.15) is 33.4 Å². The van der Waals surface area contributed by atoms with E-state index in [1.807, 2.05) is 44.4 Å². The van der Waals surface area contributed by atoms with Crippen LogP contribution < -0.4 is 10.6 Å². The van der Waals surface area contributed by atoms with Gasteiger partial charge in [0.1, 0.15) is 5.00 Å². The van der Waals surface area contributed by atoms with Gasteiger partial charge in [0.25, 0.3) is 0 Å². The summed E-state index contributed by atoms with van der Waals surface area (Å²) in [4.78, 5) is 13.4. The molecule has 2 heterocycles. The Morgan fingerprint density at radius 2 is 2.04 bits per heavy atom. The molecule has 0 aliphatic carbocycles. The highest BCUT2D eigenvalue weighted by Gasteiger charge is 2.19. The maximum atomic E-state index is 12.4. The number of hydrogen-bond acceptors (Lipinski definition) is 5. The summed E-state index contributed by atoms with van der Waals surface area (Å²) in [6, 6.07) is 12.0. The van der Waals surface area contributed by atoms with Gasteiger partial charge in [-0.25, -0.2) is 4.79 Å². The summed E-state index contributed by atoms with van der Waals surface area (Å²) in [5, 5.41) is 11.6. The zero-order valence-corrected chi connectivity index (χ0v) is 17.6. The highest BCUT2D eigenvalue weighted by molar-refractivity contribution is 7.80. The third-order valence-corrected chi connectivity index (χ3v) is 5.24. The second-order valence-electron chi connectivity index (χ2n) is 6.22. The van der Waals surface area contributed by atoms with Crippen molar-refractivity contribution in [3.05, 3.63) is 64.3 Å². The number of thiocarbonyl (C=S) groups is 1. The Morgan fingerprint density at radius 1 is 1.29 bits per heavy atom. The summed E-state index contributed by atoms with van der Waals surface area (Å²) in [6.07, 6.45) is 2.59. The zero-order chi connectivity index (χ0) is 20.1. The SMILES string of the molecule is CCOC(=O)c1cc(Cc2ccccc2)sc1NC(=S)Nc1cn(C)nc1C. The number of ether oxygens (including phenoxy) is 1. The molecule has 0 amide bonds. The van der Waals surface area contributed by atoms with E-state index in [4.69, 9.17) is 17.0 Å². The molecule has 6 nitrogen and oxygen atoms in total. The van der Waals surface area contributed by atoms with Crippen LogP contribution in [0.25, 0.3) is 0 Å². The number of nitrogens with one attached hydrogen (secondary N) is 2. The van der Waals surface area contributed by atoms with Gasteiger partial charge in [0, 0.05) is 24.5 Å². The molecule has 3 aromatic rings. The molecule has 0 radical (unpaired) electrons. The largest absolute Gasteiger partial charge is 0.462 e. The molecule has 0 atom stereocenters. The van der Waals surface area contributed by atoms with Gasteiger partial charge in [-0.2, -0.15) is 5.10 Å². The van der Waals surface area contributed by atoms with E-state index < -0.39 is 0 Å². The number of benzene rings is 1. The van der Waals surface area contributed by atoms with Crippen molar-refractivity contribution in [2.75, 3.05) is 17.2 Å². The van der Waals surface area contributed by atoms with E-state index in [1.165, 1.54) is 16.9 Å². The Bertz CT molecular complexity index is 980. The number of carbonyl (C=O) groups is 1. The number of esters is 1. The number of nitrogens with zero attached hydrogens (tertiary/aromatic N) is 2. The normalized spacial score (nSPS) is 10.5. The Balaban J connectivity index is 1.80. The van der Waals surface area contributed by atoms with Crippen LogP contribution in [-0.2, 0) is 18.2 Å². The fraction of sp³-hybridized carbons (Fsp3) is 0.250. The first-order valence-corrected chi connectivity index (χ1v) is 10.1. The molecule has 3 rings (SSSR count). The van der Waals surface area contributed by atoms with Gasteiger partial charge >= 0.3 is 5.97 Å². The van der Waals surface area contributed by atoms with Crippen molar-refractivity contribution in [3.63, 3.8) is 0 Å². The summed E-state index contributed by atoms with van der Waals surface area (Å²) in [6.45, 7) is 4.01. The van der Waals surface area contributed by atoms with Crippen LogP contribution in [0.5, 0.6) is 0 Å². The minimum absolute atomic E-state index is 0.319. The third kappa shape index (κ3) is 4.96. The molecule has 1 aromatic carbocycles. The van der Waals surface area contributed by atoms with E-state index in [0.29, 0.717) is 22.3 Å². The molecule has 0 bridgehead atoms. The third-order valence-electron chi connectivity index (χ3n) is 3.99. The number of hydrogen-bond donors (Lipinski definition) is 2. The molecule has 0 aliphatic rings. The summed E-state index contributed by atoms with van der Waals surface area (Å²) in [5.41, 5.74) is 3.33. The molecule has 8 heteroatoms. The predicted octanol–water partition coefficient (Wildman–Crippen LogP) is 4.37. The van der Waals surface area contributed by atoms with Crippen LogP contribution >= 0.6 is 23.6 Å². The van der Waals surface area contributed by atoms with E-state index in [9.17, 15) is 4.79 Å². The number of thiophene rings is 1. The van der Waals surface area contributed by atoms with Gasteiger partial charge in [-0.15, -0.1) is 11.3 Å². The van der Waals surface area contributed by atoms with Crippen molar-refractivity contribution in [1.82, 2.24) is 9.78 Å². The van der Waals surface area contributed by atoms with Gasteiger partial charge in [-0.05, 0) is 37.7 Å². The summed E-state index contributed by atoms with van der Waals surface area (Å²) in [7, 11) is 1.85. The maximum absolute atomic E-state index is 12.4. The van der Waals surface area contributed by atoms with E-state index in [1.54, 1.807) is 11.6 Å². The van der Waals surface area contributed by atoms with E-state index in [-0.39, 0.29) is 5.97 Å².